The summed E-state index contributed by atoms with van der Waals surface area (Å²) in [7, 11) is 2.99. The predicted molar refractivity (Wildman–Crippen MR) is 64.6 cm³/mol. The highest BCUT2D eigenvalue weighted by atomic mass is 16.7. The van der Waals surface area contributed by atoms with Gasteiger partial charge in [-0.1, -0.05) is 0 Å². The van der Waals surface area contributed by atoms with E-state index < -0.39 is 6.04 Å². The van der Waals surface area contributed by atoms with Crippen molar-refractivity contribution in [2.24, 2.45) is 0 Å². The van der Waals surface area contributed by atoms with Crippen LogP contribution in [0.15, 0.2) is 18.3 Å². The predicted octanol–water partition coefficient (Wildman–Crippen LogP) is 0.639. The van der Waals surface area contributed by atoms with Crippen molar-refractivity contribution >= 4 is 11.8 Å². The molecule has 6 nitrogen and oxygen atoms in total. The maximum absolute atomic E-state index is 12.2. The van der Waals surface area contributed by atoms with Crippen LogP contribution in [0.4, 0.5) is 0 Å². The maximum atomic E-state index is 12.2. The Hall–Kier alpha value is -1.82. The largest absolute Gasteiger partial charge is 0.357 e. The minimum atomic E-state index is -0.425. The number of hydrogen-bond acceptors (Lipinski definition) is 3. The Morgan fingerprint density at radius 2 is 2.33 bits per heavy atom. The number of nitrogens with one attached hydrogen (secondary N) is 1. The number of carbonyl (C=O) groups excluding carboxylic acids is 2. The number of hydroxylamine groups is 2. The van der Waals surface area contributed by atoms with Crippen molar-refractivity contribution in [2.75, 3.05) is 20.7 Å². The molecule has 0 saturated carbocycles. The average Bonchev–Trinajstić information content (AvgIpc) is 3.06. The number of rotatable bonds is 3. The lowest BCUT2D eigenvalue weighted by Crippen LogP contribution is -2.46. The van der Waals surface area contributed by atoms with E-state index in [4.69, 9.17) is 4.84 Å². The van der Waals surface area contributed by atoms with Gasteiger partial charge in [-0.05, 0) is 25.0 Å². The first-order valence-electron chi connectivity index (χ1n) is 5.91. The molecule has 6 heteroatoms. The molecule has 98 valence electrons. The number of aromatic amines is 1. The highest BCUT2D eigenvalue weighted by molar-refractivity contribution is 5.96. The van der Waals surface area contributed by atoms with Gasteiger partial charge in [0.15, 0.2) is 0 Å². The molecule has 1 aliphatic rings. The first-order valence-corrected chi connectivity index (χ1v) is 5.91. The van der Waals surface area contributed by atoms with Crippen molar-refractivity contribution in [1.82, 2.24) is 14.9 Å². The average molecular weight is 251 g/mol. The Morgan fingerprint density at radius 3 is 2.94 bits per heavy atom. The van der Waals surface area contributed by atoms with Crippen LogP contribution >= 0.6 is 0 Å². The summed E-state index contributed by atoms with van der Waals surface area (Å²) in [4.78, 5) is 33.6. The number of amides is 2. The van der Waals surface area contributed by atoms with Crippen LogP contribution in [0.3, 0.4) is 0 Å². The molecule has 2 amide bonds. The molecule has 0 aromatic carbocycles. The van der Waals surface area contributed by atoms with Gasteiger partial charge in [-0.25, -0.2) is 5.06 Å². The van der Waals surface area contributed by atoms with Crippen molar-refractivity contribution in [3.05, 3.63) is 24.0 Å². The van der Waals surface area contributed by atoms with E-state index in [2.05, 4.69) is 4.98 Å². The fourth-order valence-corrected chi connectivity index (χ4v) is 2.18. The Balaban J connectivity index is 2.13. The molecule has 0 bridgehead atoms. The smallest absolute Gasteiger partial charge is 0.270 e. The number of likely N-dealkylation sites (tertiary alicyclic amines) is 1. The van der Waals surface area contributed by atoms with E-state index in [-0.39, 0.29) is 11.8 Å². The van der Waals surface area contributed by atoms with Crippen molar-refractivity contribution in [3.8, 4) is 0 Å². The van der Waals surface area contributed by atoms with Gasteiger partial charge in [0, 0.05) is 19.8 Å². The van der Waals surface area contributed by atoms with Crippen LogP contribution < -0.4 is 0 Å². The minimum Gasteiger partial charge on any atom is -0.357 e. The summed E-state index contributed by atoms with van der Waals surface area (Å²) in [6.45, 7) is 0.603. The maximum Gasteiger partial charge on any atom is 0.270 e. The van der Waals surface area contributed by atoms with Gasteiger partial charge < -0.3 is 9.88 Å². The van der Waals surface area contributed by atoms with E-state index in [1.54, 1.807) is 30.3 Å². The third-order valence-corrected chi connectivity index (χ3v) is 3.21. The summed E-state index contributed by atoms with van der Waals surface area (Å²) in [5.74, 6) is -0.324. The van der Waals surface area contributed by atoms with Gasteiger partial charge in [0.05, 0.1) is 7.11 Å². The lowest BCUT2D eigenvalue weighted by molar-refractivity contribution is -0.172. The fraction of sp³-hybridized carbons (Fsp3) is 0.500. The van der Waals surface area contributed by atoms with Gasteiger partial charge in [-0.2, -0.15) is 0 Å². The van der Waals surface area contributed by atoms with E-state index in [1.807, 2.05) is 0 Å². The Labute approximate surface area is 105 Å². The zero-order chi connectivity index (χ0) is 13.1. The molecular weight excluding hydrogens is 234 g/mol. The normalized spacial score (nSPS) is 19.0. The van der Waals surface area contributed by atoms with Crippen molar-refractivity contribution in [2.45, 2.75) is 18.9 Å². The zero-order valence-corrected chi connectivity index (χ0v) is 10.5. The summed E-state index contributed by atoms with van der Waals surface area (Å²) in [5.41, 5.74) is 0.509. The molecule has 1 aromatic heterocycles. The second-order valence-electron chi connectivity index (χ2n) is 4.26. The summed E-state index contributed by atoms with van der Waals surface area (Å²) < 4.78 is 0. The van der Waals surface area contributed by atoms with E-state index in [0.29, 0.717) is 18.7 Å². The lowest BCUT2D eigenvalue weighted by atomic mass is 10.2. The Morgan fingerprint density at radius 1 is 1.56 bits per heavy atom. The van der Waals surface area contributed by atoms with Crippen molar-refractivity contribution in [3.63, 3.8) is 0 Å². The number of likely N-dealkylation sites (N-methyl/N-ethyl adjacent to an activating group) is 1. The highest BCUT2D eigenvalue weighted by Crippen LogP contribution is 2.21. The van der Waals surface area contributed by atoms with Crippen LogP contribution in [0.2, 0.25) is 0 Å². The Kier molecular flexibility index (Phi) is 3.66. The molecule has 0 aliphatic carbocycles. The van der Waals surface area contributed by atoms with Gasteiger partial charge in [0.2, 0.25) is 0 Å². The van der Waals surface area contributed by atoms with E-state index >= 15 is 0 Å². The lowest BCUT2D eigenvalue weighted by Gasteiger charge is -2.26. The van der Waals surface area contributed by atoms with Crippen molar-refractivity contribution in [1.29, 1.82) is 0 Å². The molecule has 0 unspecified atom stereocenters. The summed E-state index contributed by atoms with van der Waals surface area (Å²) in [6, 6.07) is 3.05. The molecule has 1 saturated heterocycles. The summed E-state index contributed by atoms with van der Waals surface area (Å²) >= 11 is 0. The molecule has 2 heterocycles. The minimum absolute atomic E-state index is 0.139. The Bertz CT molecular complexity index is 430. The second kappa shape index (κ2) is 5.22. The van der Waals surface area contributed by atoms with E-state index in [0.717, 1.165) is 6.42 Å². The number of carbonyl (C=O) groups is 2. The van der Waals surface area contributed by atoms with E-state index in [1.165, 1.54) is 12.2 Å². The van der Waals surface area contributed by atoms with Gasteiger partial charge in [-0.3, -0.25) is 14.4 Å². The number of aromatic nitrogens is 1. The second-order valence-corrected chi connectivity index (χ2v) is 4.26. The first-order chi connectivity index (χ1) is 8.65. The quantitative estimate of drug-likeness (QED) is 0.802. The molecule has 1 N–H and O–H groups in total. The van der Waals surface area contributed by atoms with Crippen LogP contribution in [0.25, 0.3) is 0 Å². The summed E-state index contributed by atoms with van der Waals surface area (Å²) in [5, 5.41) is 1.17. The number of H-pyrrole nitrogens is 1. The molecule has 1 aliphatic heterocycles. The van der Waals surface area contributed by atoms with Crippen LogP contribution in [0, 0.1) is 0 Å². The van der Waals surface area contributed by atoms with Crippen LogP contribution in [0.1, 0.15) is 23.3 Å². The zero-order valence-electron chi connectivity index (χ0n) is 10.5. The van der Waals surface area contributed by atoms with Gasteiger partial charge in [0.1, 0.15) is 11.7 Å². The van der Waals surface area contributed by atoms with E-state index in [9.17, 15) is 9.59 Å². The topological polar surface area (TPSA) is 65.6 Å². The first kappa shape index (κ1) is 12.6. The summed E-state index contributed by atoms with van der Waals surface area (Å²) in [6.07, 6.45) is 3.21. The highest BCUT2D eigenvalue weighted by Gasteiger charge is 2.36. The van der Waals surface area contributed by atoms with Crippen LogP contribution in [-0.2, 0) is 9.63 Å². The molecule has 18 heavy (non-hydrogen) atoms. The van der Waals surface area contributed by atoms with Gasteiger partial charge >= 0.3 is 0 Å². The SMILES string of the molecule is CON(C)C(=O)[C@@H]1CCCN1C(=O)c1ccc[nH]1. The molecule has 1 fully saturated rings. The fourth-order valence-electron chi connectivity index (χ4n) is 2.18. The molecule has 1 atom stereocenters. The molecule has 0 spiro atoms. The molecule has 2 rings (SSSR count). The molecular formula is C12H17N3O3. The van der Waals surface area contributed by atoms with Crippen LogP contribution in [-0.4, -0.2) is 53.5 Å². The third kappa shape index (κ3) is 2.24. The number of hydrogen-bond donors (Lipinski definition) is 1. The number of nitrogens with zero attached hydrogens (tertiary/aromatic N) is 2. The standard InChI is InChI=1S/C12H17N3O3/c1-14(18-2)12(17)10-6-4-8-15(10)11(16)9-5-3-7-13-9/h3,5,7,10,13H,4,6,8H2,1-2H3/t10-/m0/s1. The monoisotopic (exact) mass is 251 g/mol. The molecule has 1 aromatic rings. The third-order valence-electron chi connectivity index (χ3n) is 3.21. The van der Waals surface area contributed by atoms with Crippen molar-refractivity contribution < 1.29 is 14.4 Å². The molecule has 0 radical (unpaired) electrons. The van der Waals surface area contributed by atoms with Gasteiger partial charge in [-0.15, -0.1) is 0 Å². The van der Waals surface area contributed by atoms with Crippen LogP contribution in [0.5, 0.6) is 0 Å². The van der Waals surface area contributed by atoms with Gasteiger partial charge in [0.25, 0.3) is 11.8 Å².